The van der Waals surface area contributed by atoms with E-state index >= 15 is 0 Å². The van der Waals surface area contributed by atoms with Gasteiger partial charge in [0.2, 0.25) is 0 Å². The molecule has 20 heavy (non-hydrogen) atoms. The summed E-state index contributed by atoms with van der Waals surface area (Å²) in [6, 6.07) is 6.63. The molecule has 4 nitrogen and oxygen atoms in total. The number of rotatable bonds is 2. The summed E-state index contributed by atoms with van der Waals surface area (Å²) in [5, 5.41) is 27.8. The maximum atomic E-state index is 9.51. The third kappa shape index (κ3) is 2.54. The first-order valence-corrected chi connectivity index (χ1v) is 6.83. The lowest BCUT2D eigenvalue weighted by atomic mass is 9.72. The van der Waals surface area contributed by atoms with E-state index in [4.69, 9.17) is 10.5 Å². The van der Waals surface area contributed by atoms with Gasteiger partial charge in [-0.3, -0.25) is 0 Å². The molecule has 0 radical (unpaired) electrons. The molecule has 0 spiro atoms. The zero-order valence-electron chi connectivity index (χ0n) is 12.2. The molecule has 0 N–H and O–H groups in total. The molecule has 0 atom stereocenters. The molecule has 0 amide bonds. The average molecular weight is 266 g/mol. The Kier molecular flexibility index (Phi) is 3.56. The van der Waals surface area contributed by atoms with Gasteiger partial charge < -0.3 is 4.90 Å². The minimum atomic E-state index is -0.0346. The van der Waals surface area contributed by atoms with Gasteiger partial charge in [0.1, 0.15) is 23.8 Å². The summed E-state index contributed by atoms with van der Waals surface area (Å²) in [4.78, 5) is 2.17. The highest BCUT2D eigenvalue weighted by molar-refractivity contribution is 5.57. The molecule has 0 aromatic heterocycles. The summed E-state index contributed by atoms with van der Waals surface area (Å²) < 4.78 is 0. The van der Waals surface area contributed by atoms with Crippen LogP contribution in [0.15, 0.2) is 22.4 Å². The Balaban J connectivity index is 2.60. The molecular weight excluding hydrogens is 248 g/mol. The molecule has 0 saturated heterocycles. The Morgan fingerprint density at radius 2 is 1.75 bits per heavy atom. The van der Waals surface area contributed by atoms with Crippen molar-refractivity contribution >= 4 is 0 Å². The minimum Gasteiger partial charge on any atom is -0.374 e. The maximum absolute atomic E-state index is 9.51. The van der Waals surface area contributed by atoms with Crippen molar-refractivity contribution < 1.29 is 0 Å². The predicted octanol–water partition coefficient (Wildman–Crippen LogP) is 3.02. The Bertz CT molecular complexity index is 596. The van der Waals surface area contributed by atoms with Gasteiger partial charge in [-0.15, -0.1) is 0 Å². The lowest BCUT2D eigenvalue weighted by molar-refractivity contribution is 0.282. The molecular formula is C16H18N4. The van der Waals surface area contributed by atoms with Crippen LogP contribution in [0.25, 0.3) is 0 Å². The van der Waals surface area contributed by atoms with Crippen molar-refractivity contribution in [1.29, 1.82) is 15.8 Å². The first kappa shape index (κ1) is 14.2. The number of allylic oxidation sites excluding steroid dienone is 4. The van der Waals surface area contributed by atoms with Crippen LogP contribution < -0.4 is 0 Å². The van der Waals surface area contributed by atoms with E-state index in [2.05, 4.69) is 24.8 Å². The normalized spacial score (nSPS) is 20.7. The van der Waals surface area contributed by atoms with E-state index in [9.17, 15) is 5.26 Å². The molecule has 2 rings (SSSR count). The third-order valence-electron chi connectivity index (χ3n) is 4.05. The van der Waals surface area contributed by atoms with Crippen LogP contribution in [-0.4, -0.2) is 18.0 Å². The van der Waals surface area contributed by atoms with Crippen LogP contribution in [0.4, 0.5) is 0 Å². The monoisotopic (exact) mass is 266 g/mol. The van der Waals surface area contributed by atoms with Gasteiger partial charge in [0.05, 0.1) is 5.57 Å². The van der Waals surface area contributed by atoms with Crippen molar-refractivity contribution in [2.45, 2.75) is 45.6 Å². The largest absolute Gasteiger partial charge is 0.374 e. The second kappa shape index (κ2) is 5.03. The van der Waals surface area contributed by atoms with Gasteiger partial charge in [0.25, 0.3) is 0 Å². The standard InChI is InChI=1S/C16H18N4/c1-16(2)6-13(11(8-17)9-18)14(10-19)15(7-16)20(3)12-4-5-12/h12H,4-7H2,1-3H3. The van der Waals surface area contributed by atoms with Crippen LogP contribution in [0.1, 0.15) is 39.5 Å². The Morgan fingerprint density at radius 3 is 2.20 bits per heavy atom. The number of hydrogen-bond acceptors (Lipinski definition) is 4. The summed E-state index contributed by atoms with van der Waals surface area (Å²) in [7, 11) is 2.02. The van der Waals surface area contributed by atoms with E-state index in [1.165, 1.54) is 0 Å². The molecule has 102 valence electrons. The molecule has 1 saturated carbocycles. The second-order valence-electron chi connectivity index (χ2n) is 6.37. The van der Waals surface area contributed by atoms with Crippen molar-refractivity contribution in [3.8, 4) is 18.2 Å². The number of nitriles is 3. The van der Waals surface area contributed by atoms with Gasteiger partial charge in [0.15, 0.2) is 0 Å². The van der Waals surface area contributed by atoms with Crippen LogP contribution in [0.2, 0.25) is 0 Å². The van der Waals surface area contributed by atoms with E-state index in [1.807, 2.05) is 19.2 Å². The summed E-state index contributed by atoms with van der Waals surface area (Å²) in [5.41, 5.74) is 2.20. The van der Waals surface area contributed by atoms with Crippen LogP contribution in [0.5, 0.6) is 0 Å². The van der Waals surface area contributed by atoms with Crippen LogP contribution in [-0.2, 0) is 0 Å². The molecule has 1 fully saturated rings. The molecule has 0 aliphatic heterocycles. The van der Waals surface area contributed by atoms with E-state index in [0.29, 0.717) is 23.6 Å². The molecule has 4 heteroatoms. The van der Waals surface area contributed by atoms with Crippen molar-refractivity contribution in [1.82, 2.24) is 4.90 Å². The SMILES string of the molecule is CN(C1=C(C#N)C(=C(C#N)C#N)CC(C)(C)C1)C1CC1. The lowest BCUT2D eigenvalue weighted by Crippen LogP contribution is -2.30. The third-order valence-corrected chi connectivity index (χ3v) is 4.05. The Hall–Kier alpha value is -2.25. The summed E-state index contributed by atoms with van der Waals surface area (Å²) in [6.07, 6.45) is 3.73. The fourth-order valence-electron chi connectivity index (χ4n) is 2.83. The highest BCUT2D eigenvalue weighted by Crippen LogP contribution is 2.45. The van der Waals surface area contributed by atoms with Gasteiger partial charge in [-0.2, -0.15) is 15.8 Å². The number of nitrogens with zero attached hydrogens (tertiary/aromatic N) is 4. The Morgan fingerprint density at radius 1 is 1.15 bits per heavy atom. The predicted molar refractivity (Wildman–Crippen MR) is 74.7 cm³/mol. The molecule has 2 aliphatic carbocycles. The van der Waals surface area contributed by atoms with Crippen molar-refractivity contribution in [3.63, 3.8) is 0 Å². The van der Waals surface area contributed by atoms with E-state index in [-0.39, 0.29) is 11.0 Å². The highest BCUT2D eigenvalue weighted by Gasteiger charge is 2.37. The molecule has 0 unspecified atom stereocenters. The fourth-order valence-corrected chi connectivity index (χ4v) is 2.83. The molecule has 0 aromatic rings. The fraction of sp³-hybridized carbons (Fsp3) is 0.562. The number of hydrogen-bond donors (Lipinski definition) is 0. The average Bonchev–Trinajstić information content (AvgIpc) is 3.22. The lowest BCUT2D eigenvalue weighted by Gasteiger charge is -2.37. The zero-order chi connectivity index (χ0) is 14.9. The second-order valence-corrected chi connectivity index (χ2v) is 6.37. The van der Waals surface area contributed by atoms with Crippen molar-refractivity contribution in [2.24, 2.45) is 5.41 Å². The quantitative estimate of drug-likeness (QED) is 0.720. The van der Waals surface area contributed by atoms with Crippen LogP contribution in [0.3, 0.4) is 0 Å². The summed E-state index contributed by atoms with van der Waals surface area (Å²) in [6.45, 7) is 4.24. The van der Waals surface area contributed by atoms with Crippen molar-refractivity contribution in [3.05, 3.63) is 22.4 Å². The van der Waals surface area contributed by atoms with Crippen molar-refractivity contribution in [2.75, 3.05) is 7.05 Å². The minimum absolute atomic E-state index is 0.0346. The first-order chi connectivity index (χ1) is 9.43. The van der Waals surface area contributed by atoms with Crippen LogP contribution in [0, 0.1) is 39.4 Å². The molecule has 2 aliphatic rings. The zero-order valence-corrected chi connectivity index (χ0v) is 12.2. The maximum Gasteiger partial charge on any atom is 0.134 e. The summed E-state index contributed by atoms with van der Waals surface area (Å²) >= 11 is 0. The van der Waals surface area contributed by atoms with E-state index < -0.39 is 0 Å². The van der Waals surface area contributed by atoms with Gasteiger partial charge in [-0.25, -0.2) is 0 Å². The topological polar surface area (TPSA) is 74.6 Å². The molecule has 0 bridgehead atoms. The van der Waals surface area contributed by atoms with E-state index in [0.717, 1.165) is 25.0 Å². The van der Waals surface area contributed by atoms with E-state index in [1.54, 1.807) is 0 Å². The van der Waals surface area contributed by atoms with Gasteiger partial charge in [0, 0.05) is 24.4 Å². The van der Waals surface area contributed by atoms with Gasteiger partial charge in [-0.1, -0.05) is 13.8 Å². The van der Waals surface area contributed by atoms with Gasteiger partial charge >= 0.3 is 0 Å². The van der Waals surface area contributed by atoms with Crippen LogP contribution >= 0.6 is 0 Å². The smallest absolute Gasteiger partial charge is 0.134 e. The molecule has 0 aromatic carbocycles. The Labute approximate surface area is 120 Å². The van der Waals surface area contributed by atoms with Gasteiger partial charge in [-0.05, 0) is 31.1 Å². The molecule has 0 heterocycles. The highest BCUT2D eigenvalue weighted by atomic mass is 15.2. The first-order valence-electron chi connectivity index (χ1n) is 6.83. The summed E-state index contributed by atoms with van der Waals surface area (Å²) in [5.74, 6) is 0.